The average Bonchev–Trinajstić information content (AvgIpc) is 2.77. The lowest BCUT2D eigenvalue weighted by Gasteiger charge is -2.24. The number of hydrogen-bond donors (Lipinski definition) is 1. The molecule has 1 amide bonds. The van der Waals surface area contributed by atoms with Crippen molar-refractivity contribution >= 4 is 21.6 Å². The summed E-state index contributed by atoms with van der Waals surface area (Å²) in [6, 6.07) is 18.1. The van der Waals surface area contributed by atoms with E-state index in [0.717, 1.165) is 9.87 Å². The second-order valence-corrected chi connectivity index (χ2v) is 8.02. The number of nitrogens with one attached hydrogen (secondary N) is 1. The van der Waals surface area contributed by atoms with Crippen molar-refractivity contribution in [1.82, 2.24) is 10.3 Å². The average molecular weight is 411 g/mol. The highest BCUT2D eigenvalue weighted by molar-refractivity contribution is 7.92. The van der Waals surface area contributed by atoms with E-state index in [1.165, 1.54) is 19.2 Å². The molecule has 150 valence electrons. The summed E-state index contributed by atoms with van der Waals surface area (Å²) >= 11 is 0. The maximum Gasteiger partial charge on any atom is 0.264 e. The molecule has 7 nitrogen and oxygen atoms in total. The zero-order valence-corrected chi connectivity index (χ0v) is 16.7. The molecule has 0 aliphatic carbocycles. The van der Waals surface area contributed by atoms with Crippen molar-refractivity contribution in [2.24, 2.45) is 0 Å². The van der Waals surface area contributed by atoms with Gasteiger partial charge in [0.15, 0.2) is 0 Å². The lowest BCUT2D eigenvalue weighted by Crippen LogP contribution is -2.40. The Hall–Kier alpha value is -3.39. The number of carbonyl (C=O) groups excluding carboxylic acids is 1. The molecule has 0 unspecified atom stereocenters. The van der Waals surface area contributed by atoms with Gasteiger partial charge in [-0.05, 0) is 54.1 Å². The molecule has 29 heavy (non-hydrogen) atoms. The number of rotatable bonds is 8. The van der Waals surface area contributed by atoms with Crippen molar-refractivity contribution in [2.75, 3.05) is 18.0 Å². The fourth-order valence-electron chi connectivity index (χ4n) is 2.67. The number of ether oxygens (including phenoxy) is 1. The van der Waals surface area contributed by atoms with E-state index in [1.807, 2.05) is 0 Å². The van der Waals surface area contributed by atoms with Crippen molar-refractivity contribution in [3.05, 3.63) is 84.7 Å². The molecule has 0 saturated heterocycles. The van der Waals surface area contributed by atoms with E-state index < -0.39 is 15.9 Å². The van der Waals surface area contributed by atoms with E-state index in [0.29, 0.717) is 11.4 Å². The molecule has 0 aliphatic heterocycles. The molecule has 8 heteroatoms. The summed E-state index contributed by atoms with van der Waals surface area (Å²) in [5.41, 5.74) is 1.24. The number of nitrogens with zero attached hydrogens (tertiary/aromatic N) is 2. The van der Waals surface area contributed by atoms with Crippen LogP contribution in [0.3, 0.4) is 0 Å². The molecule has 3 aromatic rings. The van der Waals surface area contributed by atoms with Gasteiger partial charge in [0.1, 0.15) is 12.3 Å². The Labute approximate surface area is 170 Å². The minimum Gasteiger partial charge on any atom is -0.497 e. The lowest BCUT2D eigenvalue weighted by molar-refractivity contribution is -0.119. The van der Waals surface area contributed by atoms with Gasteiger partial charge in [0, 0.05) is 18.9 Å². The number of amides is 1. The van der Waals surface area contributed by atoms with E-state index >= 15 is 0 Å². The predicted molar refractivity (Wildman–Crippen MR) is 110 cm³/mol. The molecule has 1 heterocycles. The Morgan fingerprint density at radius 2 is 1.66 bits per heavy atom. The number of methoxy groups -OCH3 is 1. The maximum atomic E-state index is 13.2. The van der Waals surface area contributed by atoms with Gasteiger partial charge in [0.2, 0.25) is 5.91 Å². The first-order chi connectivity index (χ1) is 14.0. The summed E-state index contributed by atoms with van der Waals surface area (Å²) in [5, 5.41) is 2.75. The molecule has 0 fully saturated rings. The molecule has 0 atom stereocenters. The first kappa shape index (κ1) is 20.3. The zero-order chi connectivity index (χ0) is 20.7. The van der Waals surface area contributed by atoms with Crippen molar-refractivity contribution in [2.45, 2.75) is 11.4 Å². The minimum atomic E-state index is -3.93. The number of benzene rings is 2. The van der Waals surface area contributed by atoms with E-state index in [-0.39, 0.29) is 18.0 Å². The molecule has 1 N–H and O–H groups in total. The van der Waals surface area contributed by atoms with Crippen LogP contribution < -0.4 is 14.4 Å². The third-order valence-corrected chi connectivity index (χ3v) is 6.01. The van der Waals surface area contributed by atoms with Crippen LogP contribution in [-0.2, 0) is 21.4 Å². The third kappa shape index (κ3) is 5.11. The Morgan fingerprint density at radius 1 is 1.00 bits per heavy atom. The highest BCUT2D eigenvalue weighted by Gasteiger charge is 2.27. The quantitative estimate of drug-likeness (QED) is 0.616. The summed E-state index contributed by atoms with van der Waals surface area (Å²) in [6.45, 7) is -0.0716. The summed E-state index contributed by atoms with van der Waals surface area (Å²) in [5.74, 6) is 0.171. The SMILES string of the molecule is COc1ccc(N(CC(=O)NCc2ccncc2)S(=O)(=O)c2ccccc2)cc1. The third-order valence-electron chi connectivity index (χ3n) is 4.22. The molecule has 2 aromatic carbocycles. The molecular weight excluding hydrogens is 390 g/mol. The second kappa shape index (κ2) is 9.20. The topological polar surface area (TPSA) is 88.6 Å². The number of pyridine rings is 1. The summed E-state index contributed by atoms with van der Waals surface area (Å²) < 4.78 is 32.6. The standard InChI is InChI=1S/C21H21N3O4S/c1-28-19-9-7-18(8-10-19)24(29(26,27)20-5-3-2-4-6-20)16-21(25)23-15-17-11-13-22-14-12-17/h2-14H,15-16H2,1H3,(H,23,25). The van der Waals surface area contributed by atoms with Crippen LogP contribution in [0.25, 0.3) is 0 Å². The van der Waals surface area contributed by atoms with Crippen LogP contribution in [0.15, 0.2) is 84.0 Å². The summed E-state index contributed by atoms with van der Waals surface area (Å²) in [7, 11) is -2.40. The van der Waals surface area contributed by atoms with Crippen LogP contribution in [0.4, 0.5) is 5.69 Å². The van der Waals surface area contributed by atoms with Gasteiger partial charge in [-0.2, -0.15) is 0 Å². The van der Waals surface area contributed by atoms with Gasteiger partial charge in [-0.1, -0.05) is 18.2 Å². The summed E-state index contributed by atoms with van der Waals surface area (Å²) in [6.07, 6.45) is 3.26. The number of aromatic nitrogens is 1. The first-order valence-corrected chi connectivity index (χ1v) is 10.3. The van der Waals surface area contributed by atoms with E-state index in [9.17, 15) is 13.2 Å². The number of sulfonamides is 1. The van der Waals surface area contributed by atoms with Crippen LogP contribution in [0.2, 0.25) is 0 Å². The molecule has 1 aromatic heterocycles. The Morgan fingerprint density at radius 3 is 2.28 bits per heavy atom. The maximum absolute atomic E-state index is 13.2. The van der Waals surface area contributed by atoms with Crippen molar-refractivity contribution in [1.29, 1.82) is 0 Å². The van der Waals surface area contributed by atoms with Gasteiger partial charge >= 0.3 is 0 Å². The Bertz CT molecular complexity index is 1040. The minimum absolute atomic E-state index is 0.109. The smallest absolute Gasteiger partial charge is 0.264 e. The zero-order valence-electron chi connectivity index (χ0n) is 15.9. The lowest BCUT2D eigenvalue weighted by atomic mass is 10.2. The van der Waals surface area contributed by atoms with Gasteiger partial charge in [-0.15, -0.1) is 0 Å². The van der Waals surface area contributed by atoms with Gasteiger partial charge in [-0.3, -0.25) is 14.1 Å². The molecular formula is C21H21N3O4S. The van der Waals surface area contributed by atoms with E-state index in [4.69, 9.17) is 4.74 Å². The van der Waals surface area contributed by atoms with Gasteiger partial charge in [-0.25, -0.2) is 8.42 Å². The highest BCUT2D eigenvalue weighted by Crippen LogP contribution is 2.25. The molecule has 3 rings (SSSR count). The van der Waals surface area contributed by atoms with Crippen LogP contribution in [0.1, 0.15) is 5.56 Å². The molecule has 0 radical (unpaired) electrons. The Kier molecular flexibility index (Phi) is 6.46. The predicted octanol–water partition coefficient (Wildman–Crippen LogP) is 2.60. The fourth-order valence-corrected chi connectivity index (χ4v) is 4.11. The highest BCUT2D eigenvalue weighted by atomic mass is 32.2. The first-order valence-electron chi connectivity index (χ1n) is 8.88. The molecule has 0 aliphatic rings. The van der Waals surface area contributed by atoms with Gasteiger partial charge in [0.25, 0.3) is 10.0 Å². The van der Waals surface area contributed by atoms with Crippen LogP contribution in [0.5, 0.6) is 5.75 Å². The number of carbonyl (C=O) groups is 1. The molecule has 0 bridgehead atoms. The van der Waals surface area contributed by atoms with Crippen molar-refractivity contribution in [3.63, 3.8) is 0 Å². The normalized spacial score (nSPS) is 10.9. The number of hydrogen-bond acceptors (Lipinski definition) is 5. The van der Waals surface area contributed by atoms with Crippen LogP contribution in [-0.4, -0.2) is 33.0 Å². The van der Waals surface area contributed by atoms with Gasteiger partial charge < -0.3 is 10.1 Å². The van der Waals surface area contributed by atoms with Crippen LogP contribution >= 0.6 is 0 Å². The second-order valence-electron chi connectivity index (χ2n) is 6.15. The fraction of sp³-hybridized carbons (Fsp3) is 0.143. The molecule has 0 spiro atoms. The number of anilines is 1. The molecule has 0 saturated carbocycles. The van der Waals surface area contributed by atoms with Crippen molar-refractivity contribution < 1.29 is 17.9 Å². The van der Waals surface area contributed by atoms with Crippen molar-refractivity contribution in [3.8, 4) is 5.75 Å². The van der Waals surface area contributed by atoms with E-state index in [2.05, 4.69) is 10.3 Å². The van der Waals surface area contributed by atoms with Gasteiger partial charge in [0.05, 0.1) is 17.7 Å². The monoisotopic (exact) mass is 411 g/mol. The van der Waals surface area contributed by atoms with Crippen LogP contribution in [0, 0.1) is 0 Å². The Balaban J connectivity index is 1.85. The summed E-state index contributed by atoms with van der Waals surface area (Å²) in [4.78, 5) is 16.6. The van der Waals surface area contributed by atoms with E-state index in [1.54, 1.807) is 67.0 Å². The largest absolute Gasteiger partial charge is 0.497 e.